The molecule has 1 heterocycles. The molecule has 158 valence electrons. The lowest BCUT2D eigenvalue weighted by Crippen LogP contribution is -2.21. The van der Waals surface area contributed by atoms with Gasteiger partial charge in [-0.15, -0.1) is 10.2 Å². The third-order valence-corrected chi connectivity index (χ3v) is 5.10. The van der Waals surface area contributed by atoms with Gasteiger partial charge in [-0.3, -0.25) is 4.79 Å². The standard InChI is InChI=1S/C22H17Cl2FN4O2/c1-12-8-19-20(28-29(27-19)16-5-3-15(25)4-6-16)10-18(12)26-21(30)11-31-22-13(2)7-14(23)9-17(22)24/h3-10H,11H2,1-2H3,(H,26,30). The van der Waals surface area contributed by atoms with Crippen LogP contribution in [0, 0.1) is 19.7 Å². The Hall–Kier alpha value is -3.16. The van der Waals surface area contributed by atoms with Crippen molar-refractivity contribution in [2.45, 2.75) is 13.8 Å². The van der Waals surface area contributed by atoms with Crippen molar-refractivity contribution in [2.24, 2.45) is 0 Å². The highest BCUT2D eigenvalue weighted by Crippen LogP contribution is 2.32. The molecule has 0 saturated carbocycles. The van der Waals surface area contributed by atoms with Gasteiger partial charge in [0.25, 0.3) is 5.91 Å². The summed E-state index contributed by atoms with van der Waals surface area (Å²) in [4.78, 5) is 13.9. The molecule has 4 rings (SSSR count). The van der Waals surface area contributed by atoms with Crippen molar-refractivity contribution in [2.75, 3.05) is 11.9 Å². The van der Waals surface area contributed by atoms with E-state index in [0.717, 1.165) is 11.1 Å². The second-order valence-corrected chi connectivity index (χ2v) is 7.84. The number of hydrogen-bond donors (Lipinski definition) is 1. The molecule has 6 nitrogen and oxygen atoms in total. The predicted octanol–water partition coefficient (Wildman–Crippen LogP) is 5.50. The number of carbonyl (C=O) groups excluding carboxylic acids is 1. The second-order valence-electron chi connectivity index (χ2n) is 6.99. The molecule has 1 N–H and O–H groups in total. The SMILES string of the molecule is Cc1cc2nn(-c3ccc(F)cc3)nc2cc1NC(=O)COc1c(C)cc(Cl)cc1Cl. The maximum Gasteiger partial charge on any atom is 0.262 e. The van der Waals surface area contributed by atoms with E-state index in [1.807, 2.05) is 13.0 Å². The zero-order valence-electron chi connectivity index (χ0n) is 16.6. The number of nitrogens with zero attached hydrogens (tertiary/aromatic N) is 3. The first-order valence-electron chi connectivity index (χ1n) is 9.32. The van der Waals surface area contributed by atoms with Crippen LogP contribution in [-0.2, 0) is 4.79 Å². The summed E-state index contributed by atoms with van der Waals surface area (Å²) in [6.45, 7) is 3.43. The summed E-state index contributed by atoms with van der Waals surface area (Å²) in [6, 6.07) is 12.7. The van der Waals surface area contributed by atoms with E-state index in [1.54, 1.807) is 37.3 Å². The summed E-state index contributed by atoms with van der Waals surface area (Å²) in [5, 5.41) is 12.5. The van der Waals surface area contributed by atoms with Crippen LogP contribution < -0.4 is 10.1 Å². The van der Waals surface area contributed by atoms with E-state index < -0.39 is 0 Å². The molecule has 0 aliphatic rings. The summed E-state index contributed by atoms with van der Waals surface area (Å²) >= 11 is 12.1. The predicted molar refractivity (Wildman–Crippen MR) is 119 cm³/mol. The number of hydrogen-bond acceptors (Lipinski definition) is 4. The molecule has 1 aromatic heterocycles. The Morgan fingerprint density at radius 1 is 1.03 bits per heavy atom. The Bertz CT molecular complexity index is 1270. The van der Waals surface area contributed by atoms with Crippen molar-refractivity contribution in [3.05, 3.63) is 75.5 Å². The third kappa shape index (κ3) is 4.62. The smallest absolute Gasteiger partial charge is 0.262 e. The molecule has 3 aromatic carbocycles. The first-order chi connectivity index (χ1) is 14.8. The van der Waals surface area contributed by atoms with Crippen molar-refractivity contribution in [3.8, 4) is 11.4 Å². The van der Waals surface area contributed by atoms with Crippen LogP contribution in [0.3, 0.4) is 0 Å². The quantitative estimate of drug-likeness (QED) is 0.428. The second kappa shape index (κ2) is 8.53. The van der Waals surface area contributed by atoms with Gasteiger partial charge in [0.2, 0.25) is 0 Å². The molecular formula is C22H17Cl2FN4O2. The summed E-state index contributed by atoms with van der Waals surface area (Å²) in [5.41, 5.74) is 4.01. The highest BCUT2D eigenvalue weighted by Gasteiger charge is 2.13. The highest BCUT2D eigenvalue weighted by atomic mass is 35.5. The van der Waals surface area contributed by atoms with Crippen LogP contribution in [-0.4, -0.2) is 27.5 Å². The van der Waals surface area contributed by atoms with E-state index in [-0.39, 0.29) is 18.3 Å². The molecule has 0 bridgehead atoms. The molecule has 0 aliphatic heterocycles. The molecule has 4 aromatic rings. The fraction of sp³-hybridized carbons (Fsp3) is 0.136. The van der Waals surface area contributed by atoms with Crippen LogP contribution in [0.25, 0.3) is 16.7 Å². The Kier molecular flexibility index (Phi) is 5.80. The number of halogens is 3. The molecular weight excluding hydrogens is 442 g/mol. The number of ether oxygens (including phenoxy) is 1. The van der Waals surface area contributed by atoms with Crippen LogP contribution in [0.5, 0.6) is 5.75 Å². The number of amides is 1. The lowest BCUT2D eigenvalue weighted by atomic mass is 10.1. The molecule has 1 amide bonds. The molecule has 0 fully saturated rings. The number of benzene rings is 3. The van der Waals surface area contributed by atoms with Gasteiger partial charge >= 0.3 is 0 Å². The van der Waals surface area contributed by atoms with Crippen molar-refractivity contribution < 1.29 is 13.9 Å². The summed E-state index contributed by atoms with van der Waals surface area (Å²) in [5.74, 6) is -0.270. The van der Waals surface area contributed by atoms with E-state index >= 15 is 0 Å². The normalized spacial score (nSPS) is 11.0. The molecule has 0 unspecified atom stereocenters. The molecule has 9 heteroatoms. The molecule has 0 atom stereocenters. The van der Waals surface area contributed by atoms with Gasteiger partial charge in [-0.2, -0.15) is 4.80 Å². The van der Waals surface area contributed by atoms with E-state index in [1.165, 1.54) is 16.9 Å². The monoisotopic (exact) mass is 458 g/mol. The maximum atomic E-state index is 13.2. The average molecular weight is 459 g/mol. The van der Waals surface area contributed by atoms with E-state index in [0.29, 0.717) is 38.2 Å². The molecule has 0 spiro atoms. The zero-order valence-corrected chi connectivity index (χ0v) is 18.1. The average Bonchev–Trinajstić information content (AvgIpc) is 3.10. The van der Waals surface area contributed by atoms with E-state index in [9.17, 15) is 9.18 Å². The fourth-order valence-electron chi connectivity index (χ4n) is 3.09. The van der Waals surface area contributed by atoms with Crippen molar-refractivity contribution >= 4 is 45.8 Å². The number of aromatic nitrogens is 3. The fourth-order valence-corrected chi connectivity index (χ4v) is 3.74. The van der Waals surface area contributed by atoms with Gasteiger partial charge < -0.3 is 10.1 Å². The van der Waals surface area contributed by atoms with Crippen molar-refractivity contribution in [1.29, 1.82) is 0 Å². The Labute approximate surface area is 187 Å². The van der Waals surface area contributed by atoms with Crippen LogP contribution in [0.1, 0.15) is 11.1 Å². The number of carbonyl (C=O) groups is 1. The van der Waals surface area contributed by atoms with Gasteiger partial charge in [0, 0.05) is 10.7 Å². The minimum absolute atomic E-state index is 0.220. The first kappa shape index (κ1) is 21.1. The third-order valence-electron chi connectivity index (χ3n) is 4.60. The van der Waals surface area contributed by atoms with Gasteiger partial charge in [0.15, 0.2) is 6.61 Å². The highest BCUT2D eigenvalue weighted by molar-refractivity contribution is 6.35. The number of fused-ring (bicyclic) bond motifs is 1. The Morgan fingerprint density at radius 3 is 2.39 bits per heavy atom. The molecule has 31 heavy (non-hydrogen) atoms. The summed E-state index contributed by atoms with van der Waals surface area (Å²) in [7, 11) is 0. The van der Waals surface area contributed by atoms with E-state index in [4.69, 9.17) is 27.9 Å². The van der Waals surface area contributed by atoms with Crippen molar-refractivity contribution in [1.82, 2.24) is 15.0 Å². The molecule has 0 aliphatic carbocycles. The zero-order chi connectivity index (χ0) is 22.1. The minimum atomic E-state index is -0.348. The lowest BCUT2D eigenvalue weighted by molar-refractivity contribution is -0.118. The van der Waals surface area contributed by atoms with Crippen LogP contribution in [0.4, 0.5) is 10.1 Å². The van der Waals surface area contributed by atoms with Gasteiger partial charge in [0.05, 0.1) is 10.7 Å². The van der Waals surface area contributed by atoms with E-state index in [2.05, 4.69) is 15.5 Å². The largest absolute Gasteiger partial charge is 0.482 e. The molecule has 0 radical (unpaired) electrons. The number of anilines is 1. The van der Waals surface area contributed by atoms with Crippen LogP contribution in [0.15, 0.2) is 48.5 Å². The first-order valence-corrected chi connectivity index (χ1v) is 10.1. The summed E-state index contributed by atoms with van der Waals surface area (Å²) < 4.78 is 18.7. The van der Waals surface area contributed by atoms with Crippen molar-refractivity contribution in [3.63, 3.8) is 0 Å². The maximum absolute atomic E-state index is 13.2. The van der Waals surface area contributed by atoms with Gasteiger partial charge in [-0.05, 0) is 73.5 Å². The summed E-state index contributed by atoms with van der Waals surface area (Å²) in [6.07, 6.45) is 0. The lowest BCUT2D eigenvalue weighted by Gasteiger charge is -2.12. The van der Waals surface area contributed by atoms with Crippen LogP contribution >= 0.6 is 23.2 Å². The topological polar surface area (TPSA) is 69.0 Å². The Balaban J connectivity index is 1.51. The number of nitrogens with one attached hydrogen (secondary N) is 1. The minimum Gasteiger partial charge on any atom is -0.482 e. The van der Waals surface area contributed by atoms with Crippen LogP contribution in [0.2, 0.25) is 10.0 Å². The number of aryl methyl sites for hydroxylation is 2. The Morgan fingerprint density at radius 2 is 1.71 bits per heavy atom. The van der Waals surface area contributed by atoms with Gasteiger partial charge in [-0.25, -0.2) is 4.39 Å². The van der Waals surface area contributed by atoms with Gasteiger partial charge in [0.1, 0.15) is 22.6 Å². The van der Waals surface area contributed by atoms with Gasteiger partial charge in [-0.1, -0.05) is 23.2 Å². The number of rotatable bonds is 5. The molecule has 0 saturated heterocycles.